The summed E-state index contributed by atoms with van der Waals surface area (Å²) in [4.78, 5) is 18.8. The van der Waals surface area contributed by atoms with Crippen LogP contribution in [0.5, 0.6) is 0 Å². The summed E-state index contributed by atoms with van der Waals surface area (Å²) in [5.74, 6) is 0.532. The SMILES string of the molecule is CNC(C(=O)N1CCCC(Cn2cncn2)C1)c1cnn(C)c1. The largest absolute Gasteiger partial charge is 0.341 e. The van der Waals surface area contributed by atoms with Gasteiger partial charge in [0.2, 0.25) is 5.91 Å². The second-order valence-corrected chi connectivity index (χ2v) is 6.08. The van der Waals surface area contributed by atoms with Crippen molar-refractivity contribution in [2.75, 3.05) is 20.1 Å². The molecule has 0 aromatic carbocycles. The van der Waals surface area contributed by atoms with Crippen LogP contribution in [0.25, 0.3) is 0 Å². The zero-order chi connectivity index (χ0) is 16.2. The Morgan fingerprint density at radius 3 is 3.00 bits per heavy atom. The summed E-state index contributed by atoms with van der Waals surface area (Å²) in [7, 11) is 3.67. The molecular weight excluding hydrogens is 294 g/mol. The fourth-order valence-corrected chi connectivity index (χ4v) is 3.21. The first kappa shape index (κ1) is 15.7. The molecule has 0 saturated carbocycles. The fraction of sp³-hybridized carbons (Fsp3) is 0.600. The number of carbonyl (C=O) groups excluding carboxylic acids is 1. The molecule has 2 unspecified atom stereocenters. The van der Waals surface area contributed by atoms with Crippen LogP contribution in [0.4, 0.5) is 0 Å². The van der Waals surface area contributed by atoms with Crippen molar-refractivity contribution in [3.05, 3.63) is 30.6 Å². The third kappa shape index (κ3) is 3.58. The summed E-state index contributed by atoms with van der Waals surface area (Å²) < 4.78 is 3.56. The zero-order valence-corrected chi connectivity index (χ0v) is 13.6. The van der Waals surface area contributed by atoms with Gasteiger partial charge < -0.3 is 10.2 Å². The van der Waals surface area contributed by atoms with Crippen molar-refractivity contribution in [1.82, 2.24) is 34.8 Å². The smallest absolute Gasteiger partial charge is 0.244 e. The van der Waals surface area contributed by atoms with Crippen LogP contribution < -0.4 is 5.32 Å². The summed E-state index contributed by atoms with van der Waals surface area (Å²) >= 11 is 0. The van der Waals surface area contributed by atoms with Gasteiger partial charge in [-0.2, -0.15) is 10.2 Å². The first-order valence-corrected chi connectivity index (χ1v) is 7.94. The van der Waals surface area contributed by atoms with E-state index in [1.807, 2.05) is 29.9 Å². The number of carbonyl (C=O) groups is 1. The second-order valence-electron chi connectivity index (χ2n) is 6.08. The van der Waals surface area contributed by atoms with E-state index in [0.717, 1.165) is 38.0 Å². The van der Waals surface area contributed by atoms with Gasteiger partial charge in [0, 0.05) is 38.4 Å². The summed E-state index contributed by atoms with van der Waals surface area (Å²) in [6.45, 7) is 2.38. The van der Waals surface area contributed by atoms with Gasteiger partial charge in [-0.15, -0.1) is 0 Å². The Labute approximate surface area is 135 Å². The highest BCUT2D eigenvalue weighted by atomic mass is 16.2. The van der Waals surface area contributed by atoms with Gasteiger partial charge in [-0.3, -0.25) is 14.2 Å². The van der Waals surface area contributed by atoms with Crippen molar-refractivity contribution in [3.63, 3.8) is 0 Å². The van der Waals surface area contributed by atoms with Crippen LogP contribution in [0.3, 0.4) is 0 Å². The van der Waals surface area contributed by atoms with E-state index >= 15 is 0 Å². The van der Waals surface area contributed by atoms with Crippen molar-refractivity contribution in [2.45, 2.75) is 25.4 Å². The molecule has 0 bridgehead atoms. The number of piperidine rings is 1. The normalized spacial score (nSPS) is 19.7. The van der Waals surface area contributed by atoms with Crippen molar-refractivity contribution < 1.29 is 4.79 Å². The highest BCUT2D eigenvalue weighted by Crippen LogP contribution is 2.22. The van der Waals surface area contributed by atoms with E-state index in [2.05, 4.69) is 20.5 Å². The van der Waals surface area contributed by atoms with Crippen LogP contribution >= 0.6 is 0 Å². The molecule has 3 heterocycles. The van der Waals surface area contributed by atoms with E-state index < -0.39 is 0 Å². The lowest BCUT2D eigenvalue weighted by atomic mass is 9.97. The molecule has 0 aliphatic carbocycles. The van der Waals surface area contributed by atoms with Crippen LogP contribution in [0.2, 0.25) is 0 Å². The molecule has 2 atom stereocenters. The Morgan fingerprint density at radius 2 is 2.35 bits per heavy atom. The summed E-state index contributed by atoms with van der Waals surface area (Å²) in [6, 6.07) is -0.339. The maximum Gasteiger partial charge on any atom is 0.244 e. The number of amides is 1. The number of hydrogen-bond acceptors (Lipinski definition) is 5. The van der Waals surface area contributed by atoms with Crippen LogP contribution in [0.1, 0.15) is 24.4 Å². The van der Waals surface area contributed by atoms with Crippen molar-refractivity contribution in [2.24, 2.45) is 13.0 Å². The third-order valence-corrected chi connectivity index (χ3v) is 4.34. The minimum atomic E-state index is -0.339. The van der Waals surface area contributed by atoms with Crippen LogP contribution in [-0.2, 0) is 18.4 Å². The highest BCUT2D eigenvalue weighted by molar-refractivity contribution is 5.83. The van der Waals surface area contributed by atoms with Crippen LogP contribution in [0, 0.1) is 5.92 Å². The topological polar surface area (TPSA) is 80.9 Å². The van der Waals surface area contributed by atoms with E-state index in [1.54, 1.807) is 23.5 Å². The number of hydrogen-bond donors (Lipinski definition) is 1. The minimum absolute atomic E-state index is 0.115. The monoisotopic (exact) mass is 317 g/mol. The second kappa shape index (κ2) is 6.91. The molecule has 0 radical (unpaired) electrons. The molecule has 0 spiro atoms. The van der Waals surface area contributed by atoms with Crippen molar-refractivity contribution in [1.29, 1.82) is 0 Å². The lowest BCUT2D eigenvalue weighted by Gasteiger charge is -2.34. The Bertz CT molecular complexity index is 636. The van der Waals surface area contributed by atoms with Gasteiger partial charge in [0.15, 0.2) is 0 Å². The Morgan fingerprint density at radius 1 is 1.48 bits per heavy atom. The van der Waals surface area contributed by atoms with Gasteiger partial charge in [0.25, 0.3) is 0 Å². The van der Waals surface area contributed by atoms with Crippen molar-refractivity contribution >= 4 is 5.91 Å². The molecule has 23 heavy (non-hydrogen) atoms. The lowest BCUT2D eigenvalue weighted by Crippen LogP contribution is -2.45. The molecule has 1 N–H and O–H groups in total. The average molecular weight is 317 g/mol. The number of likely N-dealkylation sites (N-methyl/N-ethyl adjacent to an activating group) is 1. The molecule has 8 nitrogen and oxygen atoms in total. The predicted molar refractivity (Wildman–Crippen MR) is 84.3 cm³/mol. The number of aryl methyl sites for hydroxylation is 1. The molecule has 1 fully saturated rings. The minimum Gasteiger partial charge on any atom is -0.341 e. The molecular formula is C15H23N7O. The summed E-state index contributed by atoms with van der Waals surface area (Å²) in [6.07, 6.45) is 9.04. The summed E-state index contributed by atoms with van der Waals surface area (Å²) in [5.41, 5.74) is 0.901. The standard InChI is InChI=1S/C15H23N7O/c1-16-14(13-6-18-20(2)9-13)15(23)21-5-3-4-12(7-21)8-22-11-17-10-19-22/h6,9-12,14,16H,3-5,7-8H2,1-2H3. The number of likely N-dealkylation sites (tertiary alicyclic amines) is 1. The number of nitrogens with one attached hydrogen (secondary N) is 1. The molecule has 1 aliphatic heterocycles. The van der Waals surface area contributed by atoms with Crippen LogP contribution in [-0.4, -0.2) is 55.5 Å². The fourth-order valence-electron chi connectivity index (χ4n) is 3.21. The number of aromatic nitrogens is 5. The maximum absolute atomic E-state index is 12.9. The summed E-state index contributed by atoms with van der Waals surface area (Å²) in [5, 5.41) is 11.4. The number of rotatable bonds is 5. The van der Waals surface area contributed by atoms with E-state index in [9.17, 15) is 4.79 Å². The Balaban J connectivity index is 1.66. The predicted octanol–water partition coefficient (Wildman–Crippen LogP) is 0.211. The molecule has 8 heteroatoms. The van der Waals surface area contributed by atoms with Gasteiger partial charge in [-0.1, -0.05) is 0 Å². The average Bonchev–Trinajstić information content (AvgIpc) is 3.20. The first-order chi connectivity index (χ1) is 11.2. The molecule has 1 saturated heterocycles. The molecule has 3 rings (SSSR count). The maximum atomic E-state index is 12.9. The molecule has 1 amide bonds. The van der Waals surface area contributed by atoms with Gasteiger partial charge in [0.1, 0.15) is 18.7 Å². The van der Waals surface area contributed by atoms with Gasteiger partial charge in [-0.25, -0.2) is 4.98 Å². The molecule has 124 valence electrons. The zero-order valence-electron chi connectivity index (χ0n) is 13.6. The van der Waals surface area contributed by atoms with Gasteiger partial charge in [0.05, 0.1) is 6.20 Å². The van der Waals surface area contributed by atoms with Crippen molar-refractivity contribution in [3.8, 4) is 0 Å². The van der Waals surface area contributed by atoms with E-state index in [-0.39, 0.29) is 11.9 Å². The van der Waals surface area contributed by atoms with E-state index in [0.29, 0.717) is 5.92 Å². The van der Waals surface area contributed by atoms with Crippen LogP contribution in [0.15, 0.2) is 25.0 Å². The first-order valence-electron chi connectivity index (χ1n) is 7.94. The highest BCUT2D eigenvalue weighted by Gasteiger charge is 2.29. The Kier molecular flexibility index (Phi) is 4.71. The van der Waals surface area contributed by atoms with Gasteiger partial charge >= 0.3 is 0 Å². The van der Waals surface area contributed by atoms with E-state index in [4.69, 9.17) is 0 Å². The molecule has 2 aromatic heterocycles. The quantitative estimate of drug-likeness (QED) is 0.853. The third-order valence-electron chi connectivity index (χ3n) is 4.34. The van der Waals surface area contributed by atoms with E-state index in [1.165, 1.54) is 0 Å². The van der Waals surface area contributed by atoms with Gasteiger partial charge in [-0.05, 0) is 25.8 Å². The molecule has 2 aromatic rings. The molecule has 1 aliphatic rings. The number of nitrogens with zero attached hydrogens (tertiary/aromatic N) is 6. The lowest BCUT2D eigenvalue weighted by molar-refractivity contribution is -0.135. The Hall–Kier alpha value is -2.22.